The van der Waals surface area contributed by atoms with Crippen molar-refractivity contribution >= 4 is 21.8 Å². The molecule has 1 aliphatic rings. The Balaban J connectivity index is 2.12. The number of carbonyl (C=O) groups is 1. The summed E-state index contributed by atoms with van der Waals surface area (Å²) in [5.41, 5.74) is 1.83. The van der Waals surface area contributed by atoms with Crippen molar-refractivity contribution in [2.75, 3.05) is 19.7 Å². The highest BCUT2D eigenvalue weighted by atomic mass is 79.9. The maximum atomic E-state index is 12.6. The fourth-order valence-electron chi connectivity index (χ4n) is 2.48. The van der Waals surface area contributed by atoms with Crippen LogP contribution < -0.4 is 0 Å². The number of halogens is 1. The molecule has 1 heterocycles. The van der Waals surface area contributed by atoms with Crippen molar-refractivity contribution in [2.24, 2.45) is 0 Å². The smallest absolute Gasteiger partial charge is 0.255 e. The topological polar surface area (TPSA) is 29.5 Å². The van der Waals surface area contributed by atoms with Crippen molar-refractivity contribution < 1.29 is 9.53 Å². The molecule has 0 bridgehead atoms. The van der Waals surface area contributed by atoms with Gasteiger partial charge in [0.2, 0.25) is 0 Å². The lowest BCUT2D eigenvalue weighted by atomic mass is 10.1. The van der Waals surface area contributed by atoms with Gasteiger partial charge in [-0.1, -0.05) is 12.1 Å². The predicted molar refractivity (Wildman–Crippen MR) is 79.4 cm³/mol. The largest absolute Gasteiger partial charge is 0.377 e. The Kier molecular flexibility index (Phi) is 4.99. The molecule has 1 unspecified atom stereocenters. The molecule has 0 radical (unpaired) electrons. The Morgan fingerprint density at radius 3 is 3.05 bits per heavy atom. The first-order chi connectivity index (χ1) is 9.13. The summed E-state index contributed by atoms with van der Waals surface area (Å²) in [6.45, 7) is 6.23. The lowest BCUT2D eigenvalue weighted by Gasteiger charge is -2.32. The first-order valence-corrected chi connectivity index (χ1v) is 7.58. The molecule has 0 saturated carbocycles. The van der Waals surface area contributed by atoms with Gasteiger partial charge in [-0.2, -0.15) is 0 Å². The highest BCUT2D eigenvalue weighted by molar-refractivity contribution is 9.10. The summed E-state index contributed by atoms with van der Waals surface area (Å²) >= 11 is 3.51. The van der Waals surface area contributed by atoms with Crippen LogP contribution in [0.3, 0.4) is 0 Å². The summed E-state index contributed by atoms with van der Waals surface area (Å²) in [6.07, 6.45) is 2.25. The van der Waals surface area contributed by atoms with E-state index in [0.717, 1.165) is 35.0 Å². The van der Waals surface area contributed by atoms with E-state index in [2.05, 4.69) is 15.9 Å². The molecule has 104 valence electrons. The van der Waals surface area contributed by atoms with Crippen molar-refractivity contribution in [1.82, 2.24) is 4.90 Å². The minimum atomic E-state index is 0.0972. The first kappa shape index (κ1) is 14.5. The van der Waals surface area contributed by atoms with E-state index in [0.29, 0.717) is 13.2 Å². The maximum absolute atomic E-state index is 12.6. The monoisotopic (exact) mass is 325 g/mol. The van der Waals surface area contributed by atoms with Crippen LogP contribution in [0.2, 0.25) is 0 Å². The predicted octanol–water partition coefficient (Wildman–Crippen LogP) is 3.40. The van der Waals surface area contributed by atoms with E-state index in [-0.39, 0.29) is 12.0 Å². The van der Waals surface area contributed by atoms with Gasteiger partial charge in [0.25, 0.3) is 5.91 Å². The summed E-state index contributed by atoms with van der Waals surface area (Å²) < 4.78 is 6.55. The SMILES string of the molecule is CCOC1CCCN(C(=O)c2cccc(C)c2Br)C1. The number of hydrogen-bond acceptors (Lipinski definition) is 2. The van der Waals surface area contributed by atoms with Gasteiger partial charge in [-0.3, -0.25) is 4.79 Å². The van der Waals surface area contributed by atoms with Gasteiger partial charge in [0.05, 0.1) is 11.7 Å². The molecule has 1 atom stereocenters. The van der Waals surface area contributed by atoms with E-state index >= 15 is 0 Å². The maximum Gasteiger partial charge on any atom is 0.255 e. The number of nitrogens with zero attached hydrogens (tertiary/aromatic N) is 1. The van der Waals surface area contributed by atoms with Crippen LogP contribution in [0.15, 0.2) is 22.7 Å². The van der Waals surface area contributed by atoms with E-state index in [4.69, 9.17) is 4.74 Å². The molecule has 19 heavy (non-hydrogen) atoms. The Hall–Kier alpha value is -0.870. The molecule has 0 aromatic heterocycles. The van der Waals surface area contributed by atoms with Crippen LogP contribution in [-0.2, 0) is 4.74 Å². The summed E-state index contributed by atoms with van der Waals surface area (Å²) in [6, 6.07) is 5.81. The number of carbonyl (C=O) groups excluding carboxylic acids is 1. The molecular formula is C15H20BrNO2. The minimum Gasteiger partial charge on any atom is -0.377 e. The number of ether oxygens (including phenoxy) is 1. The van der Waals surface area contributed by atoms with Gasteiger partial charge < -0.3 is 9.64 Å². The van der Waals surface area contributed by atoms with E-state index < -0.39 is 0 Å². The number of hydrogen-bond donors (Lipinski definition) is 0. The molecule has 1 fully saturated rings. The molecule has 4 heteroatoms. The standard InChI is InChI=1S/C15H20BrNO2/c1-3-19-12-7-5-9-17(10-12)15(18)13-8-4-6-11(2)14(13)16/h4,6,8,12H,3,5,7,9-10H2,1-2H3. The molecule has 0 N–H and O–H groups in total. The van der Waals surface area contributed by atoms with Gasteiger partial charge in [0, 0.05) is 24.2 Å². The molecule has 1 saturated heterocycles. The van der Waals surface area contributed by atoms with E-state index in [9.17, 15) is 4.79 Å². The molecule has 0 aliphatic carbocycles. The van der Waals surface area contributed by atoms with Crippen LogP contribution >= 0.6 is 15.9 Å². The van der Waals surface area contributed by atoms with Gasteiger partial charge in [-0.05, 0) is 54.2 Å². The second-order valence-electron chi connectivity index (χ2n) is 4.91. The zero-order valence-electron chi connectivity index (χ0n) is 11.5. The Bertz CT molecular complexity index is 459. The molecule has 1 aromatic rings. The molecular weight excluding hydrogens is 306 g/mol. The Morgan fingerprint density at radius 1 is 1.53 bits per heavy atom. The number of benzene rings is 1. The van der Waals surface area contributed by atoms with Gasteiger partial charge in [0.1, 0.15) is 0 Å². The van der Waals surface area contributed by atoms with Gasteiger partial charge >= 0.3 is 0 Å². The fourth-order valence-corrected chi connectivity index (χ4v) is 2.91. The highest BCUT2D eigenvalue weighted by Crippen LogP contribution is 2.24. The Morgan fingerprint density at radius 2 is 2.32 bits per heavy atom. The normalized spacial score (nSPS) is 19.5. The highest BCUT2D eigenvalue weighted by Gasteiger charge is 2.25. The summed E-state index contributed by atoms with van der Waals surface area (Å²) in [7, 11) is 0. The van der Waals surface area contributed by atoms with Crippen LogP contribution in [0.1, 0.15) is 35.7 Å². The number of piperidine rings is 1. The quantitative estimate of drug-likeness (QED) is 0.852. The average molecular weight is 326 g/mol. The lowest BCUT2D eigenvalue weighted by molar-refractivity contribution is 0.00720. The van der Waals surface area contributed by atoms with Crippen molar-refractivity contribution in [3.8, 4) is 0 Å². The third-order valence-electron chi connectivity index (χ3n) is 3.49. The third-order valence-corrected chi connectivity index (χ3v) is 4.54. The van der Waals surface area contributed by atoms with Crippen LogP contribution in [0.5, 0.6) is 0 Å². The zero-order chi connectivity index (χ0) is 13.8. The van der Waals surface area contributed by atoms with E-state index in [1.807, 2.05) is 36.9 Å². The second-order valence-corrected chi connectivity index (χ2v) is 5.70. The van der Waals surface area contributed by atoms with Crippen LogP contribution in [0.25, 0.3) is 0 Å². The van der Waals surface area contributed by atoms with Crippen molar-refractivity contribution in [3.63, 3.8) is 0 Å². The average Bonchev–Trinajstić information content (AvgIpc) is 2.42. The minimum absolute atomic E-state index is 0.0972. The van der Waals surface area contributed by atoms with Gasteiger partial charge in [0.15, 0.2) is 0 Å². The van der Waals surface area contributed by atoms with Crippen LogP contribution in [0, 0.1) is 6.92 Å². The third kappa shape index (κ3) is 3.37. The Labute approximate surface area is 123 Å². The van der Waals surface area contributed by atoms with Crippen LogP contribution in [0.4, 0.5) is 0 Å². The van der Waals surface area contributed by atoms with Gasteiger partial charge in [-0.25, -0.2) is 0 Å². The number of rotatable bonds is 3. The number of amides is 1. The van der Waals surface area contributed by atoms with Crippen molar-refractivity contribution in [2.45, 2.75) is 32.8 Å². The molecule has 2 rings (SSSR count). The second kappa shape index (κ2) is 6.53. The summed E-state index contributed by atoms with van der Waals surface area (Å²) in [5, 5.41) is 0. The molecule has 0 spiro atoms. The molecule has 1 aromatic carbocycles. The van der Waals surface area contributed by atoms with Crippen LogP contribution in [-0.4, -0.2) is 36.6 Å². The number of aryl methyl sites for hydroxylation is 1. The summed E-state index contributed by atoms with van der Waals surface area (Å²) in [4.78, 5) is 14.5. The van der Waals surface area contributed by atoms with Crippen molar-refractivity contribution in [1.29, 1.82) is 0 Å². The fraction of sp³-hybridized carbons (Fsp3) is 0.533. The molecule has 3 nitrogen and oxygen atoms in total. The van der Waals surface area contributed by atoms with E-state index in [1.165, 1.54) is 0 Å². The number of likely N-dealkylation sites (tertiary alicyclic amines) is 1. The van der Waals surface area contributed by atoms with Gasteiger partial charge in [-0.15, -0.1) is 0 Å². The van der Waals surface area contributed by atoms with Crippen molar-refractivity contribution in [3.05, 3.63) is 33.8 Å². The molecule has 1 amide bonds. The zero-order valence-corrected chi connectivity index (χ0v) is 13.1. The lowest BCUT2D eigenvalue weighted by Crippen LogP contribution is -2.43. The first-order valence-electron chi connectivity index (χ1n) is 6.79. The summed E-state index contributed by atoms with van der Waals surface area (Å²) in [5.74, 6) is 0.0972. The molecule has 1 aliphatic heterocycles. The van der Waals surface area contributed by atoms with E-state index in [1.54, 1.807) is 0 Å².